The Morgan fingerprint density at radius 1 is 0.792 bits per heavy atom. The molecule has 2 aromatic rings. The molecule has 128 valence electrons. The van der Waals surface area contributed by atoms with Gasteiger partial charge in [-0.25, -0.2) is 0 Å². The van der Waals surface area contributed by atoms with Gasteiger partial charge in [-0.1, -0.05) is 88.9 Å². The van der Waals surface area contributed by atoms with Crippen molar-refractivity contribution in [3.05, 3.63) is 77.9 Å². The smallest absolute Gasteiger partial charge is 0.0233 e. The predicted octanol–water partition coefficient (Wildman–Crippen LogP) is 5.86. The fourth-order valence-electron chi connectivity index (χ4n) is 3.11. The Labute approximate surface area is 148 Å². The zero-order valence-corrected chi connectivity index (χ0v) is 15.6. The normalized spacial score (nSPS) is 11.5. The second-order valence-electron chi connectivity index (χ2n) is 7.52. The van der Waals surface area contributed by atoms with Crippen LogP contribution in [0, 0.1) is 11.8 Å². The second kappa shape index (κ2) is 8.84. The van der Waals surface area contributed by atoms with Crippen LogP contribution >= 0.6 is 0 Å². The van der Waals surface area contributed by atoms with E-state index in [0.29, 0.717) is 11.8 Å². The topological polar surface area (TPSA) is 3.24 Å². The van der Waals surface area contributed by atoms with E-state index in [1.807, 2.05) is 6.07 Å². The molecule has 0 aliphatic rings. The largest absolute Gasteiger partial charge is 0.299 e. The van der Waals surface area contributed by atoms with Gasteiger partial charge in [0.05, 0.1) is 0 Å². The summed E-state index contributed by atoms with van der Waals surface area (Å²) in [6.45, 7) is 16.7. The quantitative estimate of drug-likeness (QED) is 0.588. The van der Waals surface area contributed by atoms with Gasteiger partial charge in [0.25, 0.3) is 0 Å². The van der Waals surface area contributed by atoms with Gasteiger partial charge in [-0.15, -0.1) is 0 Å². The molecule has 2 rings (SSSR count). The third-order valence-electron chi connectivity index (χ3n) is 4.08. The van der Waals surface area contributed by atoms with E-state index < -0.39 is 0 Å². The molecule has 0 radical (unpaired) electrons. The molecule has 2 aromatic carbocycles. The van der Waals surface area contributed by atoms with Gasteiger partial charge in [0.1, 0.15) is 0 Å². The molecule has 0 bridgehead atoms. The molecule has 0 unspecified atom stereocenters. The minimum Gasteiger partial charge on any atom is -0.299 e. The van der Waals surface area contributed by atoms with Crippen LogP contribution in [0.4, 0.5) is 0 Å². The van der Waals surface area contributed by atoms with Crippen LogP contribution < -0.4 is 0 Å². The molecule has 0 aliphatic heterocycles. The molecule has 0 amide bonds. The fraction of sp³-hybridized carbons (Fsp3) is 0.391. The summed E-state index contributed by atoms with van der Waals surface area (Å²) in [6.07, 6.45) is 0. The Bertz CT molecular complexity index is 613. The van der Waals surface area contributed by atoms with Gasteiger partial charge < -0.3 is 0 Å². The van der Waals surface area contributed by atoms with Crippen molar-refractivity contribution in [1.29, 1.82) is 0 Å². The molecule has 0 saturated carbocycles. The highest BCUT2D eigenvalue weighted by Gasteiger charge is 2.10. The van der Waals surface area contributed by atoms with Crippen molar-refractivity contribution in [2.45, 2.75) is 34.2 Å². The summed E-state index contributed by atoms with van der Waals surface area (Å²) in [4.78, 5) is 2.57. The van der Waals surface area contributed by atoms with E-state index in [-0.39, 0.29) is 0 Å². The molecule has 0 atom stereocenters. The van der Waals surface area contributed by atoms with E-state index in [0.717, 1.165) is 25.2 Å². The monoisotopic (exact) mass is 321 g/mol. The lowest BCUT2D eigenvalue weighted by Gasteiger charge is -2.26. The number of rotatable bonds is 8. The van der Waals surface area contributed by atoms with Crippen molar-refractivity contribution in [2.75, 3.05) is 13.1 Å². The number of hydrogen-bond donors (Lipinski definition) is 0. The number of nitrogens with zero attached hydrogens (tertiary/aromatic N) is 1. The van der Waals surface area contributed by atoms with Crippen molar-refractivity contribution >= 4 is 5.57 Å². The molecule has 0 aromatic heterocycles. The molecule has 24 heavy (non-hydrogen) atoms. The Balaban J connectivity index is 2.06. The van der Waals surface area contributed by atoms with Crippen LogP contribution in [-0.2, 0) is 6.54 Å². The molecule has 0 fully saturated rings. The first-order valence-electron chi connectivity index (χ1n) is 9.01. The molecule has 1 heteroatoms. The van der Waals surface area contributed by atoms with Crippen LogP contribution in [0.3, 0.4) is 0 Å². The molecular formula is C23H31N. The van der Waals surface area contributed by atoms with E-state index >= 15 is 0 Å². The van der Waals surface area contributed by atoms with E-state index in [2.05, 4.69) is 87.7 Å². The Kier molecular flexibility index (Phi) is 6.81. The van der Waals surface area contributed by atoms with E-state index in [1.165, 1.54) is 16.7 Å². The van der Waals surface area contributed by atoms with Gasteiger partial charge in [0, 0.05) is 19.6 Å². The van der Waals surface area contributed by atoms with Crippen LogP contribution in [0.2, 0.25) is 0 Å². The van der Waals surface area contributed by atoms with E-state index in [9.17, 15) is 0 Å². The lowest BCUT2D eigenvalue weighted by atomic mass is 9.98. The summed E-state index contributed by atoms with van der Waals surface area (Å²) in [5.74, 6) is 1.39. The number of hydrogen-bond acceptors (Lipinski definition) is 1. The van der Waals surface area contributed by atoms with Crippen molar-refractivity contribution in [2.24, 2.45) is 11.8 Å². The zero-order chi connectivity index (χ0) is 17.5. The summed E-state index contributed by atoms with van der Waals surface area (Å²) >= 11 is 0. The molecule has 1 nitrogen and oxygen atoms in total. The van der Waals surface area contributed by atoms with Crippen molar-refractivity contribution in [1.82, 2.24) is 4.90 Å². The van der Waals surface area contributed by atoms with Gasteiger partial charge in [-0.3, -0.25) is 4.90 Å². The summed E-state index contributed by atoms with van der Waals surface area (Å²) in [6, 6.07) is 19.3. The lowest BCUT2D eigenvalue weighted by Crippen LogP contribution is -2.30. The van der Waals surface area contributed by atoms with Gasteiger partial charge in [-0.2, -0.15) is 0 Å². The zero-order valence-electron chi connectivity index (χ0n) is 15.6. The van der Waals surface area contributed by atoms with Gasteiger partial charge in [0.15, 0.2) is 0 Å². The van der Waals surface area contributed by atoms with Crippen molar-refractivity contribution in [3.63, 3.8) is 0 Å². The van der Waals surface area contributed by atoms with Crippen molar-refractivity contribution < 1.29 is 0 Å². The summed E-state index contributed by atoms with van der Waals surface area (Å²) in [5, 5.41) is 0. The lowest BCUT2D eigenvalue weighted by molar-refractivity contribution is 0.211. The summed E-state index contributed by atoms with van der Waals surface area (Å²) in [7, 11) is 0. The van der Waals surface area contributed by atoms with Crippen LogP contribution in [-0.4, -0.2) is 18.0 Å². The van der Waals surface area contributed by atoms with Crippen LogP contribution in [0.5, 0.6) is 0 Å². The van der Waals surface area contributed by atoms with Crippen molar-refractivity contribution in [3.8, 4) is 0 Å². The first kappa shape index (κ1) is 18.5. The fourth-order valence-corrected chi connectivity index (χ4v) is 3.11. The van der Waals surface area contributed by atoms with Crippen LogP contribution in [0.15, 0.2) is 61.2 Å². The van der Waals surface area contributed by atoms with Gasteiger partial charge in [0.2, 0.25) is 0 Å². The molecule has 0 aliphatic carbocycles. The average Bonchev–Trinajstić information content (AvgIpc) is 2.54. The maximum absolute atomic E-state index is 4.25. The molecule has 0 saturated heterocycles. The van der Waals surface area contributed by atoms with Gasteiger partial charge in [-0.05, 0) is 34.1 Å². The highest BCUT2D eigenvalue weighted by atomic mass is 15.1. The summed E-state index contributed by atoms with van der Waals surface area (Å²) in [5.41, 5.74) is 4.85. The molecular weight excluding hydrogens is 290 g/mol. The minimum absolute atomic E-state index is 0.695. The number of benzene rings is 2. The predicted molar refractivity (Wildman–Crippen MR) is 106 cm³/mol. The highest BCUT2D eigenvalue weighted by molar-refractivity contribution is 5.77. The Morgan fingerprint density at radius 2 is 1.29 bits per heavy atom. The van der Waals surface area contributed by atoms with E-state index in [4.69, 9.17) is 0 Å². The molecule has 0 N–H and O–H groups in total. The first-order chi connectivity index (χ1) is 11.5. The molecule has 0 spiro atoms. The SMILES string of the molecule is C=C(c1ccccc1)c1ccc(CN(CC(C)C)CC(C)C)cc1. The third kappa shape index (κ3) is 5.65. The maximum atomic E-state index is 4.25. The van der Waals surface area contributed by atoms with E-state index in [1.54, 1.807) is 0 Å². The highest BCUT2D eigenvalue weighted by Crippen LogP contribution is 2.22. The second-order valence-corrected chi connectivity index (χ2v) is 7.52. The Hall–Kier alpha value is -1.86. The Morgan fingerprint density at radius 3 is 1.79 bits per heavy atom. The maximum Gasteiger partial charge on any atom is 0.0233 e. The van der Waals surface area contributed by atoms with Gasteiger partial charge >= 0.3 is 0 Å². The van der Waals surface area contributed by atoms with Crippen LogP contribution in [0.1, 0.15) is 44.4 Å². The first-order valence-corrected chi connectivity index (χ1v) is 9.01. The van der Waals surface area contributed by atoms with Crippen LogP contribution in [0.25, 0.3) is 5.57 Å². The molecule has 0 heterocycles. The third-order valence-corrected chi connectivity index (χ3v) is 4.08. The summed E-state index contributed by atoms with van der Waals surface area (Å²) < 4.78 is 0. The average molecular weight is 322 g/mol. The standard InChI is InChI=1S/C23H31N/c1-18(2)15-24(16-19(3)4)17-21-11-13-23(14-12-21)20(5)22-9-7-6-8-10-22/h6-14,18-19H,5,15-17H2,1-4H3. The minimum atomic E-state index is 0.695.